The molecule has 2 rings (SSSR count). The van der Waals surface area contributed by atoms with Gasteiger partial charge in [-0.25, -0.2) is 0 Å². The van der Waals surface area contributed by atoms with Crippen LogP contribution in [-0.4, -0.2) is 34.6 Å². The minimum Gasteiger partial charge on any atom is -0.337 e. The van der Waals surface area contributed by atoms with Crippen molar-refractivity contribution in [3.05, 3.63) is 17.2 Å². The molecule has 0 spiro atoms. The van der Waals surface area contributed by atoms with Gasteiger partial charge in [-0.15, -0.1) is 0 Å². The molecular weight excluding hydrogens is 194 g/mol. The normalized spacial score (nSPS) is 23.9. The number of nitrogens with one attached hydrogen (secondary N) is 1. The summed E-state index contributed by atoms with van der Waals surface area (Å²) in [6.07, 6.45) is 6.60. The zero-order chi connectivity index (χ0) is 9.97. The van der Waals surface area contributed by atoms with Crippen LogP contribution in [-0.2, 0) is 6.54 Å². The van der Waals surface area contributed by atoms with E-state index in [9.17, 15) is 0 Å². The molecule has 0 bridgehead atoms. The van der Waals surface area contributed by atoms with E-state index in [0.717, 1.165) is 17.2 Å². The number of hydrogen-bond acceptors (Lipinski definition) is 2. The standard InChI is InChI=1S/C10H17N3S/c1-12-5-2-3-9(7-12)8-13-6-4-11-10(13)14/h4,6,9H,2-3,5,7-8H2,1H3,(H,11,14). The molecule has 78 valence electrons. The Morgan fingerprint density at radius 3 is 3.14 bits per heavy atom. The first-order valence-electron chi connectivity index (χ1n) is 5.18. The van der Waals surface area contributed by atoms with Gasteiger partial charge in [0.2, 0.25) is 0 Å². The molecule has 0 saturated carbocycles. The van der Waals surface area contributed by atoms with Crippen molar-refractivity contribution < 1.29 is 0 Å². The highest BCUT2D eigenvalue weighted by Crippen LogP contribution is 2.16. The Labute approximate surface area is 89.7 Å². The quantitative estimate of drug-likeness (QED) is 0.755. The number of nitrogens with zero attached hydrogens (tertiary/aromatic N) is 2. The monoisotopic (exact) mass is 211 g/mol. The lowest BCUT2D eigenvalue weighted by Gasteiger charge is -2.29. The molecule has 1 aliphatic heterocycles. The molecular formula is C10H17N3S. The van der Waals surface area contributed by atoms with Crippen LogP contribution in [0.5, 0.6) is 0 Å². The Balaban J connectivity index is 1.97. The van der Waals surface area contributed by atoms with Crippen LogP contribution in [0, 0.1) is 10.7 Å². The Morgan fingerprint density at radius 1 is 1.64 bits per heavy atom. The van der Waals surface area contributed by atoms with Crippen LogP contribution < -0.4 is 0 Å². The van der Waals surface area contributed by atoms with Gasteiger partial charge in [-0.3, -0.25) is 0 Å². The lowest BCUT2D eigenvalue weighted by atomic mass is 9.98. The van der Waals surface area contributed by atoms with E-state index in [2.05, 4.69) is 21.5 Å². The summed E-state index contributed by atoms with van der Waals surface area (Å²) in [5.74, 6) is 0.760. The number of likely N-dealkylation sites (tertiary alicyclic amines) is 1. The molecule has 0 aliphatic carbocycles. The van der Waals surface area contributed by atoms with E-state index in [1.807, 2.05) is 12.4 Å². The number of H-pyrrole nitrogens is 1. The molecule has 1 atom stereocenters. The number of aromatic amines is 1. The average Bonchev–Trinajstić information content (AvgIpc) is 2.52. The second-order valence-electron chi connectivity index (χ2n) is 4.19. The molecule has 1 aliphatic rings. The van der Waals surface area contributed by atoms with Crippen LogP contribution in [0.2, 0.25) is 0 Å². The third kappa shape index (κ3) is 2.25. The smallest absolute Gasteiger partial charge is 0.177 e. The molecule has 1 aromatic rings. The SMILES string of the molecule is CN1CCCC(Cn2cc[nH]c2=S)C1. The van der Waals surface area contributed by atoms with Crippen molar-refractivity contribution >= 4 is 12.2 Å². The molecule has 1 saturated heterocycles. The first-order valence-corrected chi connectivity index (χ1v) is 5.59. The van der Waals surface area contributed by atoms with Crippen molar-refractivity contribution in [2.45, 2.75) is 19.4 Å². The van der Waals surface area contributed by atoms with Crippen molar-refractivity contribution in [3.8, 4) is 0 Å². The van der Waals surface area contributed by atoms with E-state index in [-0.39, 0.29) is 0 Å². The highest BCUT2D eigenvalue weighted by atomic mass is 32.1. The number of aromatic nitrogens is 2. The predicted molar refractivity (Wildman–Crippen MR) is 59.8 cm³/mol. The molecule has 1 aromatic heterocycles. The predicted octanol–water partition coefficient (Wildman–Crippen LogP) is 1.89. The molecule has 0 amide bonds. The van der Waals surface area contributed by atoms with E-state index >= 15 is 0 Å². The number of piperidine rings is 1. The summed E-state index contributed by atoms with van der Waals surface area (Å²) in [5.41, 5.74) is 0. The largest absolute Gasteiger partial charge is 0.337 e. The molecule has 1 fully saturated rings. The van der Waals surface area contributed by atoms with Crippen LogP contribution in [0.3, 0.4) is 0 Å². The molecule has 2 heterocycles. The van der Waals surface area contributed by atoms with E-state index in [1.54, 1.807) is 0 Å². The van der Waals surface area contributed by atoms with Crippen molar-refractivity contribution in [2.24, 2.45) is 5.92 Å². The van der Waals surface area contributed by atoms with Crippen molar-refractivity contribution in [1.82, 2.24) is 14.5 Å². The maximum Gasteiger partial charge on any atom is 0.177 e. The topological polar surface area (TPSA) is 24.0 Å². The summed E-state index contributed by atoms with van der Waals surface area (Å²) >= 11 is 5.18. The highest BCUT2D eigenvalue weighted by molar-refractivity contribution is 7.71. The van der Waals surface area contributed by atoms with Gasteiger partial charge in [0.15, 0.2) is 4.77 Å². The van der Waals surface area contributed by atoms with Gasteiger partial charge in [0.25, 0.3) is 0 Å². The fraction of sp³-hybridized carbons (Fsp3) is 0.700. The van der Waals surface area contributed by atoms with Crippen LogP contribution >= 0.6 is 12.2 Å². The lowest BCUT2D eigenvalue weighted by molar-refractivity contribution is 0.194. The summed E-state index contributed by atoms with van der Waals surface area (Å²) < 4.78 is 2.98. The number of imidazole rings is 1. The van der Waals surface area contributed by atoms with Gasteiger partial charge < -0.3 is 14.5 Å². The van der Waals surface area contributed by atoms with E-state index in [0.29, 0.717) is 0 Å². The van der Waals surface area contributed by atoms with Gasteiger partial charge in [0, 0.05) is 25.5 Å². The number of hydrogen-bond donors (Lipinski definition) is 1. The summed E-state index contributed by atoms with van der Waals surface area (Å²) in [6, 6.07) is 0. The van der Waals surface area contributed by atoms with Crippen LogP contribution in [0.1, 0.15) is 12.8 Å². The number of rotatable bonds is 2. The van der Waals surface area contributed by atoms with Gasteiger partial charge in [-0.05, 0) is 44.6 Å². The third-order valence-corrected chi connectivity index (χ3v) is 3.25. The van der Waals surface area contributed by atoms with Crippen LogP contribution in [0.15, 0.2) is 12.4 Å². The van der Waals surface area contributed by atoms with E-state index < -0.39 is 0 Å². The molecule has 4 heteroatoms. The van der Waals surface area contributed by atoms with Crippen LogP contribution in [0.25, 0.3) is 0 Å². The van der Waals surface area contributed by atoms with Gasteiger partial charge in [0.05, 0.1) is 0 Å². The van der Waals surface area contributed by atoms with Gasteiger partial charge in [-0.2, -0.15) is 0 Å². The second kappa shape index (κ2) is 4.28. The maximum absolute atomic E-state index is 5.18. The highest BCUT2D eigenvalue weighted by Gasteiger charge is 2.17. The average molecular weight is 211 g/mol. The Morgan fingerprint density at radius 2 is 2.50 bits per heavy atom. The fourth-order valence-corrected chi connectivity index (χ4v) is 2.40. The zero-order valence-electron chi connectivity index (χ0n) is 8.57. The van der Waals surface area contributed by atoms with E-state index in [4.69, 9.17) is 12.2 Å². The lowest BCUT2D eigenvalue weighted by Crippen LogP contribution is -2.34. The summed E-state index contributed by atoms with van der Waals surface area (Å²) in [5, 5.41) is 0. The molecule has 0 radical (unpaired) electrons. The Bertz CT molecular complexity index is 341. The van der Waals surface area contributed by atoms with Crippen molar-refractivity contribution in [3.63, 3.8) is 0 Å². The molecule has 0 aromatic carbocycles. The van der Waals surface area contributed by atoms with Gasteiger partial charge in [-0.1, -0.05) is 0 Å². The fourth-order valence-electron chi connectivity index (χ4n) is 2.19. The third-order valence-electron chi connectivity index (χ3n) is 2.90. The van der Waals surface area contributed by atoms with Crippen LogP contribution in [0.4, 0.5) is 0 Å². The van der Waals surface area contributed by atoms with E-state index in [1.165, 1.54) is 25.9 Å². The minimum absolute atomic E-state index is 0.760. The maximum atomic E-state index is 5.18. The molecule has 3 nitrogen and oxygen atoms in total. The van der Waals surface area contributed by atoms with Gasteiger partial charge in [0.1, 0.15) is 0 Å². The first kappa shape index (κ1) is 9.93. The summed E-state index contributed by atoms with van der Waals surface area (Å²) in [6.45, 7) is 3.51. The summed E-state index contributed by atoms with van der Waals surface area (Å²) in [7, 11) is 2.20. The first-order chi connectivity index (χ1) is 6.75. The van der Waals surface area contributed by atoms with Gasteiger partial charge >= 0.3 is 0 Å². The second-order valence-corrected chi connectivity index (χ2v) is 4.57. The zero-order valence-corrected chi connectivity index (χ0v) is 9.39. The Hall–Kier alpha value is -0.610. The van der Waals surface area contributed by atoms with Crippen molar-refractivity contribution in [1.29, 1.82) is 0 Å². The minimum atomic E-state index is 0.760. The van der Waals surface area contributed by atoms with Crippen molar-refractivity contribution in [2.75, 3.05) is 20.1 Å². The molecule has 14 heavy (non-hydrogen) atoms. The Kier molecular flexibility index (Phi) is 3.03. The molecule has 1 N–H and O–H groups in total. The summed E-state index contributed by atoms with van der Waals surface area (Å²) in [4.78, 5) is 5.44. The molecule has 1 unspecified atom stereocenters.